The van der Waals surface area contributed by atoms with E-state index in [1.165, 1.54) is 6.08 Å². The third-order valence-corrected chi connectivity index (χ3v) is 5.20. The van der Waals surface area contributed by atoms with Gasteiger partial charge in [-0.25, -0.2) is 14.4 Å². The molecule has 0 atom stereocenters. The standard InChI is InChI=1S/C30H36O7/c1-22(2)29(32)37-18-17-35-28(31)14-11-25-9-12-27(13-10-25)34-15-7-5-6-8-16-36-30(33)26-20-23(3)19-24(4)21-26/h9-14,19-21H,1,5-8,15-18H2,2-4H3/b14-11+. The van der Waals surface area contributed by atoms with E-state index in [1.54, 1.807) is 13.0 Å². The zero-order valence-electron chi connectivity index (χ0n) is 21.9. The third kappa shape index (κ3) is 12.1. The molecule has 2 aromatic rings. The maximum absolute atomic E-state index is 12.1. The van der Waals surface area contributed by atoms with E-state index in [9.17, 15) is 14.4 Å². The maximum Gasteiger partial charge on any atom is 0.338 e. The molecule has 0 aliphatic rings. The van der Waals surface area contributed by atoms with Crippen LogP contribution >= 0.6 is 0 Å². The summed E-state index contributed by atoms with van der Waals surface area (Å²) in [6.45, 7) is 9.93. The fourth-order valence-corrected chi connectivity index (χ4v) is 3.38. The molecule has 0 aromatic heterocycles. The first-order valence-electron chi connectivity index (χ1n) is 12.4. The van der Waals surface area contributed by atoms with Crippen LogP contribution in [0.5, 0.6) is 5.75 Å². The van der Waals surface area contributed by atoms with Crippen LogP contribution in [0.15, 0.2) is 60.7 Å². The molecule has 2 rings (SSSR count). The van der Waals surface area contributed by atoms with Crippen molar-refractivity contribution in [2.24, 2.45) is 0 Å². The van der Waals surface area contributed by atoms with Gasteiger partial charge in [-0.15, -0.1) is 0 Å². The molecule has 7 nitrogen and oxygen atoms in total. The number of unbranched alkanes of at least 4 members (excludes halogenated alkanes) is 3. The van der Waals surface area contributed by atoms with Crippen molar-refractivity contribution in [1.29, 1.82) is 0 Å². The molecule has 2 aromatic carbocycles. The first kappa shape index (κ1) is 29.4. The molecule has 0 radical (unpaired) electrons. The van der Waals surface area contributed by atoms with Crippen molar-refractivity contribution in [2.45, 2.75) is 46.5 Å². The SMILES string of the molecule is C=C(C)C(=O)OCCOC(=O)/C=C/c1ccc(OCCCCCCOC(=O)c2cc(C)cc(C)c2)cc1. The van der Waals surface area contributed by atoms with Crippen molar-refractivity contribution in [3.63, 3.8) is 0 Å². The summed E-state index contributed by atoms with van der Waals surface area (Å²) in [5.41, 5.74) is 3.83. The lowest BCUT2D eigenvalue weighted by molar-refractivity contribution is -0.146. The second-order valence-electron chi connectivity index (χ2n) is 8.76. The van der Waals surface area contributed by atoms with Gasteiger partial charge in [-0.3, -0.25) is 0 Å². The predicted molar refractivity (Wildman–Crippen MR) is 142 cm³/mol. The minimum Gasteiger partial charge on any atom is -0.494 e. The third-order valence-electron chi connectivity index (χ3n) is 5.20. The summed E-state index contributed by atoms with van der Waals surface area (Å²) in [4.78, 5) is 35.1. The Hall–Kier alpha value is -3.87. The van der Waals surface area contributed by atoms with E-state index < -0.39 is 11.9 Å². The molecule has 0 spiro atoms. The molecule has 0 fully saturated rings. The number of benzene rings is 2. The van der Waals surface area contributed by atoms with E-state index in [2.05, 4.69) is 6.58 Å². The summed E-state index contributed by atoms with van der Waals surface area (Å²) >= 11 is 0. The molecule has 0 aliphatic heterocycles. The van der Waals surface area contributed by atoms with E-state index in [4.69, 9.17) is 18.9 Å². The Morgan fingerprint density at radius 3 is 2.05 bits per heavy atom. The molecule has 198 valence electrons. The lowest BCUT2D eigenvalue weighted by atomic mass is 10.1. The van der Waals surface area contributed by atoms with E-state index in [0.29, 0.717) is 24.4 Å². The number of hydrogen-bond donors (Lipinski definition) is 0. The van der Waals surface area contributed by atoms with Gasteiger partial charge in [-0.2, -0.15) is 0 Å². The molecule has 0 unspecified atom stereocenters. The molecule has 0 amide bonds. The lowest BCUT2D eigenvalue weighted by Gasteiger charge is -2.08. The van der Waals surface area contributed by atoms with Crippen molar-refractivity contribution in [2.75, 3.05) is 26.4 Å². The summed E-state index contributed by atoms with van der Waals surface area (Å²) in [6, 6.07) is 13.1. The largest absolute Gasteiger partial charge is 0.494 e. The number of esters is 3. The number of carbonyl (C=O) groups is 3. The number of aryl methyl sites for hydroxylation is 2. The van der Waals surface area contributed by atoms with Gasteiger partial charge < -0.3 is 18.9 Å². The molecular formula is C30H36O7. The molecule has 7 heteroatoms. The minimum absolute atomic E-state index is 0.0154. The Morgan fingerprint density at radius 2 is 1.41 bits per heavy atom. The number of carbonyl (C=O) groups excluding carboxylic acids is 3. The van der Waals surface area contributed by atoms with Crippen LogP contribution in [0.4, 0.5) is 0 Å². The van der Waals surface area contributed by atoms with Crippen LogP contribution in [0, 0.1) is 13.8 Å². The van der Waals surface area contributed by atoms with Crippen LogP contribution in [0.3, 0.4) is 0 Å². The van der Waals surface area contributed by atoms with Crippen LogP contribution in [-0.2, 0) is 23.8 Å². The maximum atomic E-state index is 12.1. The van der Waals surface area contributed by atoms with E-state index in [1.807, 2.05) is 56.3 Å². The van der Waals surface area contributed by atoms with Gasteiger partial charge in [0.2, 0.25) is 0 Å². The van der Waals surface area contributed by atoms with Crippen LogP contribution in [-0.4, -0.2) is 44.3 Å². The van der Waals surface area contributed by atoms with Gasteiger partial charge in [0, 0.05) is 11.6 Å². The van der Waals surface area contributed by atoms with Crippen LogP contribution in [0.1, 0.15) is 59.7 Å². The molecule has 0 heterocycles. The van der Waals surface area contributed by atoms with Crippen LogP contribution < -0.4 is 4.74 Å². The number of hydrogen-bond acceptors (Lipinski definition) is 7. The second-order valence-corrected chi connectivity index (χ2v) is 8.76. The summed E-state index contributed by atoms with van der Waals surface area (Å²) in [5, 5.41) is 0. The van der Waals surface area contributed by atoms with Gasteiger partial charge in [0.15, 0.2) is 0 Å². The molecule has 0 saturated heterocycles. The van der Waals surface area contributed by atoms with Gasteiger partial charge in [-0.05, 0) is 82.4 Å². The quantitative estimate of drug-likeness (QED) is 0.130. The van der Waals surface area contributed by atoms with Crippen molar-refractivity contribution in [1.82, 2.24) is 0 Å². The van der Waals surface area contributed by atoms with Crippen LogP contribution in [0.25, 0.3) is 6.08 Å². The van der Waals surface area contributed by atoms with E-state index in [-0.39, 0.29) is 19.2 Å². The Balaban J connectivity index is 1.54. The highest BCUT2D eigenvalue weighted by atomic mass is 16.6. The fourth-order valence-electron chi connectivity index (χ4n) is 3.38. The fraction of sp³-hybridized carbons (Fsp3) is 0.367. The van der Waals surface area contributed by atoms with Crippen LogP contribution in [0.2, 0.25) is 0 Å². The number of rotatable bonds is 15. The second kappa shape index (κ2) is 16.0. The van der Waals surface area contributed by atoms with Crippen molar-refractivity contribution in [3.05, 3.63) is 82.9 Å². The minimum atomic E-state index is -0.522. The summed E-state index contributed by atoms with van der Waals surface area (Å²) in [6.07, 6.45) is 6.62. The van der Waals surface area contributed by atoms with Gasteiger partial charge in [0.25, 0.3) is 0 Å². The topological polar surface area (TPSA) is 88.1 Å². The average molecular weight is 509 g/mol. The first-order chi connectivity index (χ1) is 17.7. The number of ether oxygens (including phenoxy) is 4. The highest BCUT2D eigenvalue weighted by molar-refractivity contribution is 5.90. The molecular weight excluding hydrogens is 472 g/mol. The zero-order valence-corrected chi connectivity index (χ0v) is 21.9. The Kier molecular flexibility index (Phi) is 12.7. The predicted octanol–water partition coefficient (Wildman–Crippen LogP) is 5.78. The van der Waals surface area contributed by atoms with Crippen molar-refractivity contribution < 1.29 is 33.3 Å². The van der Waals surface area contributed by atoms with E-state index in [0.717, 1.165) is 48.1 Å². The monoisotopic (exact) mass is 508 g/mol. The molecule has 37 heavy (non-hydrogen) atoms. The van der Waals surface area contributed by atoms with Gasteiger partial charge >= 0.3 is 17.9 Å². The molecule has 0 aliphatic carbocycles. The first-order valence-corrected chi connectivity index (χ1v) is 12.4. The lowest BCUT2D eigenvalue weighted by Crippen LogP contribution is -2.12. The highest BCUT2D eigenvalue weighted by Crippen LogP contribution is 2.15. The van der Waals surface area contributed by atoms with Gasteiger partial charge in [-0.1, -0.05) is 35.9 Å². The summed E-state index contributed by atoms with van der Waals surface area (Å²) < 4.78 is 21.0. The Bertz CT molecular complexity index is 1060. The van der Waals surface area contributed by atoms with Crippen molar-refractivity contribution in [3.8, 4) is 5.75 Å². The smallest absolute Gasteiger partial charge is 0.338 e. The van der Waals surface area contributed by atoms with Gasteiger partial charge in [0.1, 0.15) is 19.0 Å². The normalized spacial score (nSPS) is 10.7. The molecule has 0 saturated carbocycles. The van der Waals surface area contributed by atoms with E-state index >= 15 is 0 Å². The van der Waals surface area contributed by atoms with Gasteiger partial charge in [0.05, 0.1) is 18.8 Å². The summed E-state index contributed by atoms with van der Waals surface area (Å²) in [5.74, 6) is -0.555. The highest BCUT2D eigenvalue weighted by Gasteiger charge is 2.08. The Morgan fingerprint density at radius 1 is 0.784 bits per heavy atom. The summed E-state index contributed by atoms with van der Waals surface area (Å²) in [7, 11) is 0. The molecule has 0 bridgehead atoms. The molecule has 0 N–H and O–H groups in total. The average Bonchev–Trinajstić information content (AvgIpc) is 2.86. The zero-order chi connectivity index (χ0) is 27.0. The Labute approximate surface area is 219 Å². The van der Waals surface area contributed by atoms with Crippen molar-refractivity contribution >= 4 is 24.0 Å².